The van der Waals surface area contributed by atoms with Gasteiger partial charge in [0.05, 0.1) is 11.4 Å². The first kappa shape index (κ1) is 13.9. The molecule has 2 heterocycles. The smallest absolute Gasteiger partial charge is 0.210 e. The third-order valence-electron chi connectivity index (χ3n) is 3.82. The molecule has 0 saturated carbocycles. The van der Waals surface area contributed by atoms with Gasteiger partial charge in [-0.1, -0.05) is 60.7 Å². The Hall–Kier alpha value is -2.72. The van der Waals surface area contributed by atoms with Gasteiger partial charge in [-0.15, -0.1) is 11.3 Å². The van der Waals surface area contributed by atoms with Crippen molar-refractivity contribution in [2.45, 2.75) is 6.92 Å². The summed E-state index contributed by atoms with van der Waals surface area (Å²) >= 11 is 1.59. The SMILES string of the molecule is Cc1c(-c2ccccc2)nn(-c2nccs2)c1-c1ccccc1. The van der Waals surface area contributed by atoms with Crippen LogP contribution in [-0.4, -0.2) is 14.8 Å². The average molecular weight is 317 g/mol. The standard InChI is InChI=1S/C19H15N3S/c1-14-17(15-8-4-2-5-9-15)21-22(19-20-12-13-23-19)18(14)16-10-6-3-7-11-16/h2-13H,1H3. The van der Waals surface area contributed by atoms with Crippen LogP contribution in [0.4, 0.5) is 0 Å². The first-order valence-electron chi connectivity index (χ1n) is 7.45. The molecule has 23 heavy (non-hydrogen) atoms. The lowest BCUT2D eigenvalue weighted by Crippen LogP contribution is -1.98. The Morgan fingerprint density at radius 2 is 1.52 bits per heavy atom. The summed E-state index contributed by atoms with van der Waals surface area (Å²) in [6.45, 7) is 2.13. The van der Waals surface area contributed by atoms with Gasteiger partial charge in [0.25, 0.3) is 0 Å². The summed E-state index contributed by atoms with van der Waals surface area (Å²) in [4.78, 5) is 4.44. The molecule has 0 aliphatic carbocycles. The highest BCUT2D eigenvalue weighted by molar-refractivity contribution is 7.12. The summed E-state index contributed by atoms with van der Waals surface area (Å²) in [5, 5.41) is 7.72. The van der Waals surface area contributed by atoms with Crippen molar-refractivity contribution in [1.29, 1.82) is 0 Å². The molecule has 4 heteroatoms. The second-order valence-corrected chi connectivity index (χ2v) is 6.15. The van der Waals surface area contributed by atoms with Crippen LogP contribution >= 0.6 is 11.3 Å². The second kappa shape index (κ2) is 5.82. The lowest BCUT2D eigenvalue weighted by molar-refractivity contribution is 0.880. The zero-order valence-electron chi connectivity index (χ0n) is 12.7. The van der Waals surface area contributed by atoms with E-state index < -0.39 is 0 Å². The zero-order valence-corrected chi connectivity index (χ0v) is 13.5. The van der Waals surface area contributed by atoms with Gasteiger partial charge in [0.15, 0.2) is 0 Å². The van der Waals surface area contributed by atoms with E-state index in [-0.39, 0.29) is 0 Å². The van der Waals surface area contributed by atoms with E-state index in [2.05, 4.69) is 48.3 Å². The fourth-order valence-corrected chi connectivity index (χ4v) is 3.36. The number of hydrogen-bond acceptors (Lipinski definition) is 3. The maximum atomic E-state index is 4.86. The van der Waals surface area contributed by atoms with Crippen molar-refractivity contribution in [2.75, 3.05) is 0 Å². The summed E-state index contributed by atoms with van der Waals surface area (Å²) in [6, 6.07) is 20.7. The maximum absolute atomic E-state index is 4.86. The van der Waals surface area contributed by atoms with Crippen LogP contribution < -0.4 is 0 Å². The number of rotatable bonds is 3. The van der Waals surface area contributed by atoms with Crippen LogP contribution in [-0.2, 0) is 0 Å². The predicted molar refractivity (Wildman–Crippen MR) is 94.8 cm³/mol. The molecule has 0 amide bonds. The molecule has 0 saturated heterocycles. The van der Waals surface area contributed by atoms with Crippen molar-refractivity contribution in [2.24, 2.45) is 0 Å². The number of aromatic nitrogens is 3. The summed E-state index contributed by atoms with van der Waals surface area (Å²) in [5.74, 6) is 0. The molecule has 0 bridgehead atoms. The van der Waals surface area contributed by atoms with Crippen LogP contribution in [0.2, 0.25) is 0 Å². The number of nitrogens with zero attached hydrogens (tertiary/aromatic N) is 3. The van der Waals surface area contributed by atoms with Gasteiger partial charge in [-0.3, -0.25) is 0 Å². The molecule has 0 radical (unpaired) electrons. The van der Waals surface area contributed by atoms with E-state index in [4.69, 9.17) is 5.10 Å². The Labute approximate surface area is 138 Å². The van der Waals surface area contributed by atoms with E-state index in [1.807, 2.05) is 40.5 Å². The first-order chi connectivity index (χ1) is 11.3. The van der Waals surface area contributed by atoms with Crippen molar-refractivity contribution < 1.29 is 0 Å². The highest BCUT2D eigenvalue weighted by atomic mass is 32.1. The second-order valence-electron chi connectivity index (χ2n) is 5.28. The summed E-state index contributed by atoms with van der Waals surface area (Å²) in [6.07, 6.45) is 1.81. The van der Waals surface area contributed by atoms with Crippen molar-refractivity contribution in [3.05, 3.63) is 77.8 Å². The highest BCUT2D eigenvalue weighted by Crippen LogP contribution is 2.33. The van der Waals surface area contributed by atoms with Gasteiger partial charge in [0.1, 0.15) is 0 Å². The van der Waals surface area contributed by atoms with E-state index in [1.165, 1.54) is 0 Å². The highest BCUT2D eigenvalue weighted by Gasteiger charge is 2.19. The largest absolute Gasteiger partial charge is 0.227 e. The topological polar surface area (TPSA) is 30.7 Å². The Balaban J connectivity index is 1.98. The summed E-state index contributed by atoms with van der Waals surface area (Å²) in [7, 11) is 0. The predicted octanol–water partition coefficient (Wildman–Crippen LogP) is 4.97. The lowest BCUT2D eigenvalue weighted by atomic mass is 10.0. The third-order valence-corrected chi connectivity index (χ3v) is 4.56. The third kappa shape index (κ3) is 2.47. The molecule has 3 nitrogen and oxygen atoms in total. The molecule has 2 aromatic carbocycles. The zero-order chi connectivity index (χ0) is 15.6. The molecular weight excluding hydrogens is 302 g/mol. The van der Waals surface area contributed by atoms with Crippen LogP contribution in [0.25, 0.3) is 27.6 Å². The van der Waals surface area contributed by atoms with Crippen LogP contribution in [0.3, 0.4) is 0 Å². The van der Waals surface area contributed by atoms with E-state index in [9.17, 15) is 0 Å². The minimum Gasteiger partial charge on any atom is -0.227 e. The minimum atomic E-state index is 0.883. The molecule has 4 aromatic rings. The van der Waals surface area contributed by atoms with Gasteiger partial charge in [-0.05, 0) is 6.92 Å². The van der Waals surface area contributed by atoms with Crippen molar-refractivity contribution >= 4 is 11.3 Å². The van der Waals surface area contributed by atoms with Crippen molar-refractivity contribution in [1.82, 2.24) is 14.8 Å². The van der Waals surface area contributed by atoms with Crippen LogP contribution in [0.5, 0.6) is 0 Å². The van der Waals surface area contributed by atoms with Gasteiger partial charge in [0.2, 0.25) is 5.13 Å². The quantitative estimate of drug-likeness (QED) is 0.534. The molecule has 0 atom stereocenters. The van der Waals surface area contributed by atoms with Gasteiger partial charge < -0.3 is 0 Å². The summed E-state index contributed by atoms with van der Waals surface area (Å²) in [5.41, 5.74) is 5.53. The van der Waals surface area contributed by atoms with Crippen LogP contribution in [0.15, 0.2) is 72.2 Å². The normalized spacial score (nSPS) is 10.8. The Morgan fingerprint density at radius 3 is 2.13 bits per heavy atom. The first-order valence-corrected chi connectivity index (χ1v) is 8.33. The fourth-order valence-electron chi connectivity index (χ4n) is 2.76. The number of thiazole rings is 1. The Kier molecular flexibility index (Phi) is 3.52. The molecule has 0 fully saturated rings. The monoisotopic (exact) mass is 317 g/mol. The van der Waals surface area contributed by atoms with Gasteiger partial charge in [0, 0.05) is 28.3 Å². The van der Waals surface area contributed by atoms with Gasteiger partial charge in [-0.25, -0.2) is 9.67 Å². The average Bonchev–Trinajstić information content (AvgIpc) is 3.24. The van der Waals surface area contributed by atoms with Crippen molar-refractivity contribution in [3.8, 4) is 27.6 Å². The van der Waals surface area contributed by atoms with Crippen LogP contribution in [0, 0.1) is 6.92 Å². The van der Waals surface area contributed by atoms with E-state index in [0.717, 1.165) is 33.2 Å². The van der Waals surface area contributed by atoms with Crippen molar-refractivity contribution in [3.63, 3.8) is 0 Å². The lowest BCUT2D eigenvalue weighted by Gasteiger charge is -2.05. The van der Waals surface area contributed by atoms with Crippen LogP contribution in [0.1, 0.15) is 5.56 Å². The molecular formula is C19H15N3S. The van der Waals surface area contributed by atoms with E-state index in [1.54, 1.807) is 11.3 Å². The fraction of sp³-hybridized carbons (Fsp3) is 0.0526. The molecule has 0 N–H and O–H groups in total. The molecule has 0 unspecified atom stereocenters. The number of hydrogen-bond donors (Lipinski definition) is 0. The molecule has 112 valence electrons. The molecule has 2 aromatic heterocycles. The Morgan fingerprint density at radius 1 is 0.870 bits per heavy atom. The molecule has 0 aliphatic heterocycles. The molecule has 4 rings (SSSR count). The summed E-state index contributed by atoms with van der Waals surface area (Å²) < 4.78 is 1.96. The number of benzene rings is 2. The minimum absolute atomic E-state index is 0.883. The Bertz CT molecular complexity index is 910. The van der Waals surface area contributed by atoms with Gasteiger partial charge in [-0.2, -0.15) is 5.10 Å². The van der Waals surface area contributed by atoms with E-state index in [0.29, 0.717) is 0 Å². The maximum Gasteiger partial charge on any atom is 0.210 e. The van der Waals surface area contributed by atoms with E-state index >= 15 is 0 Å². The molecule has 0 aliphatic rings. The molecule has 0 spiro atoms. The van der Waals surface area contributed by atoms with Gasteiger partial charge >= 0.3 is 0 Å².